The fourth-order valence-electron chi connectivity index (χ4n) is 1.87. The highest BCUT2D eigenvalue weighted by molar-refractivity contribution is 7.89. The van der Waals surface area contributed by atoms with Crippen LogP contribution >= 0.6 is 11.6 Å². The molecule has 17 heavy (non-hydrogen) atoms. The van der Waals surface area contributed by atoms with Gasteiger partial charge in [-0.1, -0.05) is 0 Å². The van der Waals surface area contributed by atoms with E-state index in [4.69, 9.17) is 17.3 Å². The van der Waals surface area contributed by atoms with Crippen LogP contribution in [0.15, 0.2) is 0 Å². The van der Waals surface area contributed by atoms with Gasteiger partial charge in [0.25, 0.3) is 0 Å². The van der Waals surface area contributed by atoms with Crippen LogP contribution in [0.2, 0.25) is 0 Å². The number of carbonyl (C=O) groups excluding carboxylic acids is 1. The number of primary amides is 1. The second-order valence-corrected chi connectivity index (χ2v) is 7.19. The number of rotatable bonds is 6. The van der Waals surface area contributed by atoms with Crippen molar-refractivity contribution in [1.29, 1.82) is 0 Å². The van der Waals surface area contributed by atoms with E-state index >= 15 is 0 Å². The Kier molecular flexibility index (Phi) is 4.80. The van der Waals surface area contributed by atoms with Crippen molar-refractivity contribution in [2.45, 2.75) is 26.2 Å². The van der Waals surface area contributed by atoms with Gasteiger partial charge in [-0.2, -0.15) is 0 Å². The summed E-state index contributed by atoms with van der Waals surface area (Å²) in [5, 5.41) is 0. The third kappa shape index (κ3) is 3.56. The quantitative estimate of drug-likeness (QED) is 0.570. The first-order valence-electron chi connectivity index (χ1n) is 5.65. The van der Waals surface area contributed by atoms with Gasteiger partial charge in [-0.3, -0.25) is 4.79 Å². The van der Waals surface area contributed by atoms with Gasteiger partial charge in [0.2, 0.25) is 15.9 Å². The zero-order valence-electron chi connectivity index (χ0n) is 9.99. The normalized spacial score (nSPS) is 26.2. The van der Waals surface area contributed by atoms with Gasteiger partial charge in [0, 0.05) is 19.0 Å². The van der Waals surface area contributed by atoms with E-state index in [0.717, 1.165) is 0 Å². The molecule has 0 radical (unpaired) electrons. The summed E-state index contributed by atoms with van der Waals surface area (Å²) in [5.41, 5.74) is 4.56. The van der Waals surface area contributed by atoms with Gasteiger partial charge in [-0.15, -0.1) is 11.6 Å². The smallest absolute Gasteiger partial charge is 0.224 e. The van der Waals surface area contributed by atoms with Crippen LogP contribution < -0.4 is 5.73 Å². The number of nitrogens with two attached hydrogens (primary N) is 1. The predicted octanol–water partition coefficient (Wildman–Crippen LogP) is 0.532. The van der Waals surface area contributed by atoms with E-state index in [-0.39, 0.29) is 12.3 Å². The van der Waals surface area contributed by atoms with Crippen LogP contribution in [-0.4, -0.2) is 43.4 Å². The molecule has 0 aromatic heterocycles. The van der Waals surface area contributed by atoms with Crippen molar-refractivity contribution in [3.63, 3.8) is 0 Å². The first-order valence-corrected chi connectivity index (χ1v) is 7.80. The average molecular weight is 283 g/mol. The average Bonchev–Trinajstić information content (AvgIpc) is 2.63. The molecule has 1 aliphatic heterocycles. The number of carbonyl (C=O) groups is 1. The molecular formula is C10H19ClN2O3S. The maximum atomic E-state index is 11.9. The predicted molar refractivity (Wildman–Crippen MR) is 67.2 cm³/mol. The molecular weight excluding hydrogens is 264 g/mol. The first-order chi connectivity index (χ1) is 7.82. The highest BCUT2D eigenvalue weighted by Crippen LogP contribution is 2.31. The van der Waals surface area contributed by atoms with Gasteiger partial charge in [0.15, 0.2) is 0 Å². The van der Waals surface area contributed by atoms with Crippen molar-refractivity contribution in [2.24, 2.45) is 11.1 Å². The van der Waals surface area contributed by atoms with Crippen molar-refractivity contribution in [2.75, 3.05) is 24.7 Å². The highest BCUT2D eigenvalue weighted by atomic mass is 35.5. The Morgan fingerprint density at radius 1 is 1.47 bits per heavy atom. The molecule has 1 amide bonds. The second kappa shape index (κ2) is 5.54. The van der Waals surface area contributed by atoms with Crippen molar-refractivity contribution in [1.82, 2.24) is 4.31 Å². The molecule has 1 fully saturated rings. The van der Waals surface area contributed by atoms with Crippen LogP contribution in [0.25, 0.3) is 0 Å². The van der Waals surface area contributed by atoms with Gasteiger partial charge in [0.05, 0.1) is 11.2 Å². The molecule has 1 saturated heterocycles. The summed E-state index contributed by atoms with van der Waals surface area (Å²) >= 11 is 5.51. The molecule has 100 valence electrons. The molecule has 2 N–H and O–H groups in total. The van der Waals surface area contributed by atoms with Gasteiger partial charge in [0.1, 0.15) is 0 Å². The van der Waals surface area contributed by atoms with E-state index in [1.165, 1.54) is 4.31 Å². The zero-order chi connectivity index (χ0) is 13.1. The van der Waals surface area contributed by atoms with Gasteiger partial charge in [-0.25, -0.2) is 12.7 Å². The monoisotopic (exact) mass is 282 g/mol. The molecule has 0 saturated carbocycles. The van der Waals surface area contributed by atoms with E-state index in [1.807, 2.05) is 0 Å². The molecule has 1 rings (SSSR count). The number of amides is 1. The minimum Gasteiger partial charge on any atom is -0.369 e. The van der Waals surface area contributed by atoms with Crippen molar-refractivity contribution >= 4 is 27.5 Å². The van der Waals surface area contributed by atoms with Crippen molar-refractivity contribution in [3.05, 3.63) is 0 Å². The Labute approximate surface area is 107 Å². The van der Waals surface area contributed by atoms with E-state index in [9.17, 15) is 13.2 Å². The molecule has 0 aromatic carbocycles. The zero-order valence-corrected chi connectivity index (χ0v) is 11.6. The van der Waals surface area contributed by atoms with E-state index in [1.54, 1.807) is 6.92 Å². The summed E-state index contributed by atoms with van der Waals surface area (Å²) in [6, 6.07) is 0. The Morgan fingerprint density at radius 3 is 2.59 bits per heavy atom. The summed E-state index contributed by atoms with van der Waals surface area (Å²) in [6.45, 7) is 2.29. The summed E-state index contributed by atoms with van der Waals surface area (Å²) in [4.78, 5) is 11.2. The van der Waals surface area contributed by atoms with Gasteiger partial charge >= 0.3 is 0 Å². The fourth-order valence-corrected chi connectivity index (χ4v) is 3.73. The third-order valence-electron chi connectivity index (χ3n) is 3.21. The minimum absolute atomic E-state index is 0.0918. The van der Waals surface area contributed by atoms with Crippen LogP contribution in [0.5, 0.6) is 0 Å². The number of halogens is 1. The summed E-state index contributed by atoms with van der Waals surface area (Å²) < 4.78 is 25.3. The standard InChI is InChI=1S/C10H19ClN2O3S/c1-10(9(12)14)4-6-13(8-10)17(15,16)7-3-2-5-11/h2-8H2,1H3,(H2,12,14). The Bertz CT molecular complexity index is 385. The SMILES string of the molecule is CC1(C(N)=O)CCN(S(=O)(=O)CCCCCl)C1. The maximum absolute atomic E-state index is 11.9. The molecule has 0 aromatic rings. The Hall–Kier alpha value is -0.330. The van der Waals surface area contributed by atoms with E-state index in [2.05, 4.69) is 0 Å². The highest BCUT2D eigenvalue weighted by Gasteiger charge is 2.42. The molecule has 0 spiro atoms. The van der Waals surface area contributed by atoms with Gasteiger partial charge < -0.3 is 5.73 Å². The lowest BCUT2D eigenvalue weighted by atomic mass is 9.89. The molecule has 7 heteroatoms. The Balaban J connectivity index is 2.61. The second-order valence-electron chi connectivity index (χ2n) is 4.72. The number of unbranched alkanes of at least 4 members (excludes halogenated alkanes) is 1. The molecule has 0 aliphatic carbocycles. The van der Waals surface area contributed by atoms with Crippen LogP contribution in [-0.2, 0) is 14.8 Å². The molecule has 0 bridgehead atoms. The number of hydrogen-bond acceptors (Lipinski definition) is 3. The van der Waals surface area contributed by atoms with E-state index < -0.39 is 21.3 Å². The van der Waals surface area contributed by atoms with E-state index in [0.29, 0.717) is 31.7 Å². The van der Waals surface area contributed by atoms with Crippen molar-refractivity contribution in [3.8, 4) is 0 Å². The summed E-state index contributed by atoms with van der Waals surface area (Å²) in [7, 11) is -3.27. The first kappa shape index (κ1) is 14.7. The molecule has 1 heterocycles. The van der Waals surface area contributed by atoms with Crippen LogP contribution in [0, 0.1) is 5.41 Å². The van der Waals surface area contributed by atoms with Crippen molar-refractivity contribution < 1.29 is 13.2 Å². The lowest BCUT2D eigenvalue weighted by Crippen LogP contribution is -2.39. The minimum atomic E-state index is -3.27. The lowest BCUT2D eigenvalue weighted by Gasteiger charge is -2.20. The maximum Gasteiger partial charge on any atom is 0.224 e. The summed E-state index contributed by atoms with van der Waals surface area (Å²) in [5.74, 6) is 0.124. The largest absolute Gasteiger partial charge is 0.369 e. The molecule has 1 atom stereocenters. The third-order valence-corrected chi connectivity index (χ3v) is 5.38. The molecule has 1 unspecified atom stereocenters. The number of nitrogens with zero attached hydrogens (tertiary/aromatic N) is 1. The van der Waals surface area contributed by atoms with Crippen LogP contribution in [0.3, 0.4) is 0 Å². The van der Waals surface area contributed by atoms with Crippen LogP contribution in [0.4, 0.5) is 0 Å². The molecule has 5 nitrogen and oxygen atoms in total. The lowest BCUT2D eigenvalue weighted by molar-refractivity contribution is -0.126. The van der Waals surface area contributed by atoms with Crippen LogP contribution in [0.1, 0.15) is 26.2 Å². The van der Waals surface area contributed by atoms with Gasteiger partial charge in [-0.05, 0) is 26.2 Å². The summed E-state index contributed by atoms with van der Waals surface area (Å²) in [6.07, 6.45) is 1.73. The molecule has 1 aliphatic rings. The topological polar surface area (TPSA) is 80.5 Å². The number of sulfonamides is 1. The Morgan fingerprint density at radius 2 is 2.12 bits per heavy atom. The number of hydrogen-bond donors (Lipinski definition) is 1. The fraction of sp³-hybridized carbons (Fsp3) is 0.900. The number of alkyl halides is 1.